The highest BCUT2D eigenvalue weighted by molar-refractivity contribution is 6.31. The number of halogens is 2. The fraction of sp³-hybridized carbons (Fsp3) is 0.304. The lowest BCUT2D eigenvalue weighted by atomic mass is 9.98. The monoisotopic (exact) mass is 434 g/mol. The van der Waals surface area contributed by atoms with Gasteiger partial charge in [0.05, 0.1) is 5.92 Å². The first-order chi connectivity index (χ1) is 13.8. The molecule has 1 heterocycles. The van der Waals surface area contributed by atoms with Gasteiger partial charge in [0.15, 0.2) is 0 Å². The van der Waals surface area contributed by atoms with Crippen molar-refractivity contribution >= 4 is 40.7 Å². The van der Waals surface area contributed by atoms with E-state index in [1.165, 1.54) is 5.57 Å². The zero-order valence-electron chi connectivity index (χ0n) is 17.0. The normalized spacial score (nSPS) is 14.8. The number of carbonyl (C=O) groups is 2. The molecule has 156 valence electrons. The van der Waals surface area contributed by atoms with Gasteiger partial charge in [-0.25, -0.2) is 0 Å². The van der Waals surface area contributed by atoms with Crippen molar-refractivity contribution in [2.45, 2.75) is 33.6 Å². The van der Waals surface area contributed by atoms with E-state index >= 15 is 0 Å². The van der Waals surface area contributed by atoms with E-state index in [9.17, 15) is 9.59 Å². The molecule has 2 aromatic rings. The quantitative estimate of drug-likeness (QED) is 0.559. The van der Waals surface area contributed by atoms with Gasteiger partial charge in [0, 0.05) is 28.7 Å². The highest BCUT2D eigenvalue weighted by Gasteiger charge is 2.24. The summed E-state index contributed by atoms with van der Waals surface area (Å²) in [7, 11) is 0. The summed E-state index contributed by atoms with van der Waals surface area (Å²) in [6.07, 6.45) is 3.09. The van der Waals surface area contributed by atoms with Crippen LogP contribution < -0.4 is 10.6 Å². The first-order valence-corrected chi connectivity index (χ1v) is 10.2. The van der Waals surface area contributed by atoms with Crippen molar-refractivity contribution in [1.82, 2.24) is 5.32 Å². The maximum atomic E-state index is 11.9. The average Bonchev–Trinajstić information content (AvgIpc) is 2.70. The number of allylic oxidation sites excluding steroid dienone is 2. The van der Waals surface area contributed by atoms with Gasteiger partial charge >= 0.3 is 0 Å². The summed E-state index contributed by atoms with van der Waals surface area (Å²) >= 11 is 11.4. The van der Waals surface area contributed by atoms with E-state index < -0.39 is 0 Å². The molecule has 0 bridgehead atoms. The summed E-state index contributed by atoms with van der Waals surface area (Å²) in [5.41, 5.74) is 2.06. The summed E-state index contributed by atoms with van der Waals surface area (Å²) < 4.78 is 0. The van der Waals surface area contributed by atoms with Gasteiger partial charge in [0.2, 0.25) is 11.8 Å². The van der Waals surface area contributed by atoms with Crippen molar-refractivity contribution in [3.8, 4) is 0 Å². The SMILES string of the molecule is CC=C(C)C.Clc1ccccc1.O=C1CCC(C(=O)Nc2cccc(Cl)c2)CN1. The molecule has 1 aliphatic rings. The third-order valence-electron chi connectivity index (χ3n) is 4.04. The molecule has 2 N–H and O–H groups in total. The minimum Gasteiger partial charge on any atom is -0.355 e. The van der Waals surface area contributed by atoms with Gasteiger partial charge < -0.3 is 10.6 Å². The van der Waals surface area contributed by atoms with Gasteiger partial charge in [-0.2, -0.15) is 0 Å². The minimum absolute atomic E-state index is 0.0109. The smallest absolute Gasteiger partial charge is 0.229 e. The van der Waals surface area contributed by atoms with E-state index in [1.54, 1.807) is 24.3 Å². The van der Waals surface area contributed by atoms with E-state index in [4.69, 9.17) is 23.2 Å². The van der Waals surface area contributed by atoms with Crippen molar-refractivity contribution in [2.75, 3.05) is 11.9 Å². The van der Waals surface area contributed by atoms with E-state index in [-0.39, 0.29) is 17.7 Å². The van der Waals surface area contributed by atoms with Crippen LogP contribution in [-0.4, -0.2) is 18.4 Å². The number of nitrogens with one attached hydrogen (secondary N) is 2. The maximum Gasteiger partial charge on any atom is 0.229 e. The van der Waals surface area contributed by atoms with Crippen molar-refractivity contribution < 1.29 is 9.59 Å². The van der Waals surface area contributed by atoms with Crippen LogP contribution in [0.15, 0.2) is 66.2 Å². The van der Waals surface area contributed by atoms with Gasteiger partial charge in [-0.3, -0.25) is 9.59 Å². The van der Waals surface area contributed by atoms with Crippen LogP contribution in [0.5, 0.6) is 0 Å². The molecule has 2 aromatic carbocycles. The standard InChI is InChI=1S/C12H13ClN2O2.C6H5Cl.C5H10/c13-9-2-1-3-10(6-9)15-12(17)8-4-5-11(16)14-7-8;7-6-4-2-1-3-5-6;1-4-5(2)3/h1-3,6,8H,4-5,7H2,(H,14,16)(H,15,17);1-5H;4H,1-3H3. The van der Waals surface area contributed by atoms with Gasteiger partial charge in [-0.15, -0.1) is 0 Å². The first kappa shape index (κ1) is 24.7. The predicted molar refractivity (Wildman–Crippen MR) is 122 cm³/mol. The van der Waals surface area contributed by atoms with Crippen LogP contribution in [0.3, 0.4) is 0 Å². The van der Waals surface area contributed by atoms with Crippen LogP contribution in [0.25, 0.3) is 0 Å². The average molecular weight is 435 g/mol. The second-order valence-electron chi connectivity index (χ2n) is 6.70. The highest BCUT2D eigenvalue weighted by atomic mass is 35.5. The molecular weight excluding hydrogens is 407 g/mol. The molecule has 0 aromatic heterocycles. The Balaban J connectivity index is 0.000000288. The Kier molecular flexibility index (Phi) is 11.8. The predicted octanol–water partition coefficient (Wildman–Crippen LogP) is 6.12. The second-order valence-corrected chi connectivity index (χ2v) is 7.57. The number of hydrogen-bond donors (Lipinski definition) is 2. The van der Waals surface area contributed by atoms with E-state index in [2.05, 4.69) is 30.6 Å². The van der Waals surface area contributed by atoms with Gasteiger partial charge in [-0.1, -0.05) is 59.1 Å². The molecule has 0 saturated carbocycles. The molecule has 1 unspecified atom stereocenters. The Morgan fingerprint density at radius 1 is 1.07 bits per heavy atom. The zero-order valence-corrected chi connectivity index (χ0v) is 18.6. The third-order valence-corrected chi connectivity index (χ3v) is 4.53. The third kappa shape index (κ3) is 11.3. The summed E-state index contributed by atoms with van der Waals surface area (Å²) in [4.78, 5) is 22.9. The molecule has 0 radical (unpaired) electrons. The number of benzene rings is 2. The Morgan fingerprint density at radius 3 is 2.14 bits per heavy atom. The Bertz CT molecular complexity index is 794. The van der Waals surface area contributed by atoms with Crippen molar-refractivity contribution in [2.24, 2.45) is 5.92 Å². The van der Waals surface area contributed by atoms with Crippen LogP contribution in [0.1, 0.15) is 33.6 Å². The van der Waals surface area contributed by atoms with E-state index in [0.717, 1.165) is 5.02 Å². The molecule has 0 aliphatic carbocycles. The summed E-state index contributed by atoms with van der Waals surface area (Å²) in [5, 5.41) is 6.85. The topological polar surface area (TPSA) is 58.2 Å². The summed E-state index contributed by atoms with van der Waals surface area (Å²) in [6, 6.07) is 16.4. The van der Waals surface area contributed by atoms with Crippen molar-refractivity contribution in [1.29, 1.82) is 0 Å². The molecule has 4 nitrogen and oxygen atoms in total. The molecule has 1 aliphatic heterocycles. The molecule has 0 spiro atoms. The molecule has 29 heavy (non-hydrogen) atoms. The Morgan fingerprint density at radius 2 is 1.69 bits per heavy atom. The van der Waals surface area contributed by atoms with Crippen LogP contribution in [-0.2, 0) is 9.59 Å². The van der Waals surface area contributed by atoms with Crippen LogP contribution in [0.4, 0.5) is 5.69 Å². The lowest BCUT2D eigenvalue weighted by Crippen LogP contribution is -2.40. The highest BCUT2D eigenvalue weighted by Crippen LogP contribution is 2.18. The molecular formula is C23H28Cl2N2O2. The lowest BCUT2D eigenvalue weighted by Gasteiger charge is -2.21. The van der Waals surface area contributed by atoms with Gasteiger partial charge in [0.25, 0.3) is 0 Å². The molecule has 1 saturated heterocycles. The second kappa shape index (κ2) is 13.8. The van der Waals surface area contributed by atoms with Gasteiger partial charge in [-0.05, 0) is 57.5 Å². The van der Waals surface area contributed by atoms with Crippen LogP contribution in [0, 0.1) is 5.92 Å². The maximum absolute atomic E-state index is 11.9. The molecule has 2 amide bonds. The number of piperidine rings is 1. The number of hydrogen-bond acceptors (Lipinski definition) is 2. The number of carbonyl (C=O) groups excluding carboxylic acids is 2. The summed E-state index contributed by atoms with van der Waals surface area (Å²) in [6.45, 7) is 6.61. The van der Waals surface area contributed by atoms with E-state index in [1.807, 2.05) is 37.3 Å². The fourth-order valence-corrected chi connectivity index (χ4v) is 2.52. The Hall–Kier alpha value is -2.30. The minimum atomic E-state index is -0.160. The van der Waals surface area contributed by atoms with Gasteiger partial charge in [0.1, 0.15) is 0 Å². The zero-order chi connectivity index (χ0) is 21.6. The molecule has 1 fully saturated rings. The number of amides is 2. The molecule has 3 rings (SSSR count). The van der Waals surface area contributed by atoms with Crippen molar-refractivity contribution in [3.05, 3.63) is 76.3 Å². The Labute approximate surface area is 183 Å². The van der Waals surface area contributed by atoms with Crippen LogP contribution in [0.2, 0.25) is 10.0 Å². The van der Waals surface area contributed by atoms with E-state index in [0.29, 0.717) is 30.1 Å². The fourth-order valence-electron chi connectivity index (χ4n) is 2.18. The van der Waals surface area contributed by atoms with Crippen LogP contribution >= 0.6 is 23.2 Å². The summed E-state index contributed by atoms with van der Waals surface area (Å²) in [5.74, 6) is -0.226. The lowest BCUT2D eigenvalue weighted by molar-refractivity contribution is -0.126. The molecule has 6 heteroatoms. The molecule has 1 atom stereocenters. The van der Waals surface area contributed by atoms with Crippen molar-refractivity contribution in [3.63, 3.8) is 0 Å². The number of anilines is 1. The number of rotatable bonds is 2. The first-order valence-electron chi connectivity index (χ1n) is 9.45. The largest absolute Gasteiger partial charge is 0.355 e.